The topological polar surface area (TPSA) is 73.0 Å². The molecule has 3 aromatic carbocycles. The van der Waals surface area contributed by atoms with Gasteiger partial charge in [-0.25, -0.2) is 0 Å². The van der Waals surface area contributed by atoms with Crippen LogP contribution in [0.2, 0.25) is 0 Å². The minimum Gasteiger partial charge on any atom is -0.380 e. The zero-order valence-corrected chi connectivity index (χ0v) is 19.2. The van der Waals surface area contributed by atoms with Crippen molar-refractivity contribution in [1.29, 1.82) is 0 Å². The first kappa shape index (κ1) is 22.1. The molecular formula is C27H26N4O2. The first-order valence-corrected chi connectivity index (χ1v) is 10.8. The fourth-order valence-corrected chi connectivity index (χ4v) is 3.67. The lowest BCUT2D eigenvalue weighted by Gasteiger charge is -2.13. The molecule has 166 valence electrons. The van der Waals surface area contributed by atoms with Gasteiger partial charge in [-0.05, 0) is 43.2 Å². The predicted molar refractivity (Wildman–Crippen MR) is 133 cm³/mol. The van der Waals surface area contributed by atoms with Crippen molar-refractivity contribution in [3.05, 3.63) is 88.1 Å². The summed E-state index contributed by atoms with van der Waals surface area (Å²) in [5.74, 6) is 6.45. The van der Waals surface area contributed by atoms with Crippen molar-refractivity contribution >= 4 is 22.1 Å². The van der Waals surface area contributed by atoms with Crippen molar-refractivity contribution in [3.8, 4) is 23.1 Å². The van der Waals surface area contributed by atoms with Gasteiger partial charge in [0.1, 0.15) is 5.69 Å². The molecule has 0 bridgehead atoms. The number of nitrogens with zero attached hydrogens (tertiary/aromatic N) is 3. The lowest BCUT2D eigenvalue weighted by molar-refractivity contribution is -0.384. The molecule has 1 heterocycles. The summed E-state index contributed by atoms with van der Waals surface area (Å²) < 4.78 is 1.69. The number of nitro groups is 1. The molecule has 0 spiro atoms. The summed E-state index contributed by atoms with van der Waals surface area (Å²) in [6, 6.07) is 19.3. The van der Waals surface area contributed by atoms with E-state index in [1.165, 1.54) is 16.8 Å². The van der Waals surface area contributed by atoms with Crippen molar-refractivity contribution < 1.29 is 4.92 Å². The molecule has 1 aromatic heterocycles. The molecule has 4 rings (SSSR count). The van der Waals surface area contributed by atoms with E-state index in [4.69, 9.17) is 0 Å². The van der Waals surface area contributed by atoms with Gasteiger partial charge >= 0.3 is 0 Å². The first-order valence-electron chi connectivity index (χ1n) is 10.8. The van der Waals surface area contributed by atoms with Crippen LogP contribution in [0.4, 0.5) is 11.4 Å². The fourth-order valence-electron chi connectivity index (χ4n) is 3.67. The minimum absolute atomic E-state index is 0.0149. The van der Waals surface area contributed by atoms with Crippen LogP contribution in [0, 0.1) is 27.4 Å². The van der Waals surface area contributed by atoms with Crippen LogP contribution in [0.3, 0.4) is 0 Å². The molecule has 6 heteroatoms. The summed E-state index contributed by atoms with van der Waals surface area (Å²) in [4.78, 5) is 11.1. The third kappa shape index (κ3) is 5.04. The van der Waals surface area contributed by atoms with E-state index in [0.717, 1.165) is 16.8 Å². The number of fused-ring (bicyclic) bond motifs is 1. The highest BCUT2D eigenvalue weighted by Gasteiger charge is 2.18. The summed E-state index contributed by atoms with van der Waals surface area (Å²) in [6.07, 6.45) is 1.85. The van der Waals surface area contributed by atoms with Crippen LogP contribution >= 0.6 is 0 Å². The Kier molecular flexibility index (Phi) is 5.89. The van der Waals surface area contributed by atoms with Gasteiger partial charge in [0.05, 0.1) is 10.5 Å². The number of aryl methyl sites for hydroxylation is 1. The first-order chi connectivity index (χ1) is 15.7. The van der Waals surface area contributed by atoms with Gasteiger partial charge in [-0.15, -0.1) is 0 Å². The van der Waals surface area contributed by atoms with Gasteiger partial charge in [0.15, 0.2) is 0 Å². The smallest absolute Gasteiger partial charge is 0.270 e. The van der Waals surface area contributed by atoms with Crippen molar-refractivity contribution in [3.63, 3.8) is 0 Å². The quantitative estimate of drug-likeness (QED) is 0.230. The van der Waals surface area contributed by atoms with E-state index in [2.05, 4.69) is 46.5 Å². The van der Waals surface area contributed by atoms with Crippen molar-refractivity contribution in [2.24, 2.45) is 12.5 Å². The number of hydrogen-bond donors (Lipinski definition) is 1. The molecule has 0 aliphatic carbocycles. The molecule has 0 amide bonds. The van der Waals surface area contributed by atoms with Crippen LogP contribution < -0.4 is 5.32 Å². The molecule has 0 saturated heterocycles. The summed E-state index contributed by atoms with van der Waals surface area (Å²) >= 11 is 0. The normalized spacial score (nSPS) is 11.2. The van der Waals surface area contributed by atoms with Crippen LogP contribution in [-0.2, 0) is 13.6 Å². The summed E-state index contributed by atoms with van der Waals surface area (Å²) in [5, 5.41) is 21.9. The molecular weight excluding hydrogens is 412 g/mol. The zero-order valence-electron chi connectivity index (χ0n) is 19.2. The van der Waals surface area contributed by atoms with E-state index < -0.39 is 0 Å². The Morgan fingerprint density at radius 2 is 1.85 bits per heavy atom. The van der Waals surface area contributed by atoms with E-state index in [1.54, 1.807) is 16.8 Å². The Hall–Kier alpha value is -4.11. The summed E-state index contributed by atoms with van der Waals surface area (Å²) in [7, 11) is 1.83. The molecule has 0 fully saturated rings. The molecule has 0 atom stereocenters. The number of aromatic nitrogens is 2. The number of non-ortho nitro benzene ring substituents is 1. The highest BCUT2D eigenvalue weighted by atomic mass is 16.6. The van der Waals surface area contributed by atoms with Crippen molar-refractivity contribution in [2.45, 2.75) is 27.3 Å². The van der Waals surface area contributed by atoms with Crippen LogP contribution in [0.15, 0.2) is 66.9 Å². The Bertz CT molecular complexity index is 1400. The van der Waals surface area contributed by atoms with E-state index in [0.29, 0.717) is 17.8 Å². The van der Waals surface area contributed by atoms with Crippen molar-refractivity contribution in [2.75, 3.05) is 5.32 Å². The van der Waals surface area contributed by atoms with Gasteiger partial charge in [0.25, 0.3) is 5.69 Å². The lowest BCUT2D eigenvalue weighted by atomic mass is 9.97. The Labute approximate surface area is 193 Å². The molecule has 0 aliphatic heterocycles. The van der Waals surface area contributed by atoms with Crippen LogP contribution in [0.25, 0.3) is 22.0 Å². The SMILES string of the molecule is Cn1cc(C#CC(C)(C)C)c(-c2cc([N+](=O)[O-])ccc2NCc2cccc3ccccc23)n1. The van der Waals surface area contributed by atoms with E-state index in [1.807, 2.05) is 52.2 Å². The number of nitrogens with one attached hydrogen (secondary N) is 1. The Balaban J connectivity index is 1.77. The number of anilines is 1. The minimum atomic E-state index is -0.387. The average Bonchev–Trinajstić information content (AvgIpc) is 3.16. The van der Waals surface area contributed by atoms with E-state index >= 15 is 0 Å². The third-order valence-electron chi connectivity index (χ3n) is 5.22. The Morgan fingerprint density at radius 3 is 2.61 bits per heavy atom. The zero-order chi connectivity index (χ0) is 23.6. The van der Waals surface area contributed by atoms with Gasteiger partial charge in [-0.3, -0.25) is 14.8 Å². The van der Waals surface area contributed by atoms with Crippen LogP contribution in [0.5, 0.6) is 0 Å². The molecule has 0 saturated carbocycles. The van der Waals surface area contributed by atoms with Gasteiger partial charge < -0.3 is 5.32 Å². The molecule has 6 nitrogen and oxygen atoms in total. The maximum absolute atomic E-state index is 11.5. The van der Waals surface area contributed by atoms with E-state index in [9.17, 15) is 10.1 Å². The molecule has 0 aliphatic rings. The van der Waals surface area contributed by atoms with Crippen LogP contribution in [0.1, 0.15) is 31.9 Å². The Morgan fingerprint density at radius 1 is 1.09 bits per heavy atom. The number of rotatable bonds is 5. The van der Waals surface area contributed by atoms with Crippen LogP contribution in [-0.4, -0.2) is 14.7 Å². The third-order valence-corrected chi connectivity index (χ3v) is 5.22. The molecule has 0 unspecified atom stereocenters. The maximum atomic E-state index is 11.5. The fraction of sp³-hybridized carbons (Fsp3) is 0.222. The van der Waals surface area contributed by atoms with Gasteiger partial charge in [0.2, 0.25) is 0 Å². The second-order valence-electron chi connectivity index (χ2n) is 9.04. The highest BCUT2D eigenvalue weighted by molar-refractivity contribution is 5.86. The summed E-state index contributed by atoms with van der Waals surface area (Å²) in [6.45, 7) is 6.70. The monoisotopic (exact) mass is 438 g/mol. The number of benzene rings is 3. The average molecular weight is 439 g/mol. The molecule has 4 aromatic rings. The second kappa shape index (κ2) is 8.79. The second-order valence-corrected chi connectivity index (χ2v) is 9.04. The lowest BCUT2D eigenvalue weighted by Crippen LogP contribution is -2.03. The maximum Gasteiger partial charge on any atom is 0.270 e. The largest absolute Gasteiger partial charge is 0.380 e. The predicted octanol–water partition coefficient (Wildman–Crippen LogP) is 6.16. The number of hydrogen-bond acceptors (Lipinski definition) is 4. The van der Waals surface area contributed by atoms with Gasteiger partial charge in [-0.1, -0.05) is 54.3 Å². The van der Waals surface area contributed by atoms with E-state index in [-0.39, 0.29) is 16.0 Å². The highest BCUT2D eigenvalue weighted by Crippen LogP contribution is 2.33. The standard InChI is InChI=1S/C27H26N4O2/c1-27(2,3)15-14-21-18-30(4)29-26(21)24-16-22(31(32)33)12-13-25(24)28-17-20-10-7-9-19-8-5-6-11-23(19)20/h5-13,16,18,28H,17H2,1-4H3. The van der Waals surface area contributed by atoms with Gasteiger partial charge in [-0.2, -0.15) is 5.10 Å². The van der Waals surface area contributed by atoms with Crippen molar-refractivity contribution in [1.82, 2.24) is 9.78 Å². The molecule has 1 N–H and O–H groups in total. The molecule has 33 heavy (non-hydrogen) atoms. The number of nitro benzene ring substituents is 1. The molecule has 0 radical (unpaired) electrons. The van der Waals surface area contributed by atoms with Gasteiger partial charge in [0, 0.05) is 48.6 Å². The summed E-state index contributed by atoms with van der Waals surface area (Å²) in [5.41, 5.74) is 3.77.